The molecule has 0 saturated heterocycles. The molecule has 1 rings (SSSR count). The number of hydrogen-bond acceptors (Lipinski definition) is 2. The predicted molar refractivity (Wildman–Crippen MR) is 74.2 cm³/mol. The summed E-state index contributed by atoms with van der Waals surface area (Å²) < 4.78 is 18.9. The van der Waals surface area contributed by atoms with Gasteiger partial charge in [0.05, 0.1) is 6.61 Å². The summed E-state index contributed by atoms with van der Waals surface area (Å²) >= 11 is 3.38. The van der Waals surface area contributed by atoms with Crippen molar-refractivity contribution in [2.45, 2.75) is 6.54 Å². The smallest absolute Gasteiger partial charge is 0.191 e. The number of ether oxygens (including phenoxy) is 1. The van der Waals surface area contributed by atoms with Crippen LogP contribution in [0, 0.1) is 5.82 Å². The van der Waals surface area contributed by atoms with Crippen LogP contribution in [0.25, 0.3) is 0 Å². The summed E-state index contributed by atoms with van der Waals surface area (Å²) in [5.41, 5.74) is 0.838. The Hall–Kier alpha value is -1.14. The number of hydrogen-bond donors (Lipinski definition) is 2. The van der Waals surface area contributed by atoms with Gasteiger partial charge in [0.2, 0.25) is 0 Å². The zero-order chi connectivity index (χ0) is 13.4. The molecule has 0 saturated carbocycles. The van der Waals surface area contributed by atoms with Gasteiger partial charge in [0.15, 0.2) is 5.96 Å². The molecule has 2 N–H and O–H groups in total. The number of guanidine groups is 1. The monoisotopic (exact) mass is 317 g/mol. The van der Waals surface area contributed by atoms with E-state index in [-0.39, 0.29) is 5.82 Å². The van der Waals surface area contributed by atoms with Crippen molar-refractivity contribution in [1.82, 2.24) is 10.6 Å². The molecule has 0 unspecified atom stereocenters. The first-order valence-electron chi connectivity index (χ1n) is 5.54. The third-order valence-corrected chi connectivity index (χ3v) is 3.05. The number of nitrogens with zero attached hydrogens (tertiary/aromatic N) is 1. The minimum absolute atomic E-state index is 0.252. The molecule has 0 radical (unpaired) electrons. The molecule has 0 bridgehead atoms. The van der Waals surface area contributed by atoms with Crippen LogP contribution in [0.1, 0.15) is 5.56 Å². The van der Waals surface area contributed by atoms with E-state index >= 15 is 0 Å². The first-order valence-corrected chi connectivity index (χ1v) is 6.34. The number of halogens is 2. The van der Waals surface area contributed by atoms with E-state index in [4.69, 9.17) is 4.74 Å². The molecule has 6 heteroatoms. The van der Waals surface area contributed by atoms with Crippen molar-refractivity contribution in [3.05, 3.63) is 34.1 Å². The van der Waals surface area contributed by atoms with Crippen molar-refractivity contribution < 1.29 is 9.13 Å². The quantitative estimate of drug-likeness (QED) is 0.495. The summed E-state index contributed by atoms with van der Waals surface area (Å²) in [6.45, 7) is 1.76. The van der Waals surface area contributed by atoms with E-state index in [1.807, 2.05) is 0 Å². The van der Waals surface area contributed by atoms with Crippen molar-refractivity contribution in [1.29, 1.82) is 0 Å². The highest BCUT2D eigenvalue weighted by Crippen LogP contribution is 2.17. The number of benzene rings is 1. The van der Waals surface area contributed by atoms with Crippen molar-refractivity contribution in [2.75, 3.05) is 27.3 Å². The number of aliphatic imine (C=N–C) groups is 1. The second-order valence-electron chi connectivity index (χ2n) is 3.58. The van der Waals surface area contributed by atoms with Crippen molar-refractivity contribution in [3.63, 3.8) is 0 Å². The Kier molecular flexibility index (Phi) is 6.67. The van der Waals surface area contributed by atoms with Crippen molar-refractivity contribution >= 4 is 21.9 Å². The molecule has 1 aromatic rings. The van der Waals surface area contributed by atoms with E-state index in [0.717, 1.165) is 10.0 Å². The van der Waals surface area contributed by atoms with Crippen LogP contribution in [-0.2, 0) is 11.3 Å². The lowest BCUT2D eigenvalue weighted by Crippen LogP contribution is -2.38. The Morgan fingerprint density at radius 1 is 1.44 bits per heavy atom. The van der Waals surface area contributed by atoms with Gasteiger partial charge in [-0.1, -0.05) is 15.9 Å². The van der Waals surface area contributed by atoms with Gasteiger partial charge in [0, 0.05) is 31.7 Å². The molecule has 18 heavy (non-hydrogen) atoms. The lowest BCUT2D eigenvalue weighted by molar-refractivity contribution is 0.203. The molecular weight excluding hydrogens is 301 g/mol. The fourth-order valence-corrected chi connectivity index (χ4v) is 1.74. The third-order valence-electron chi connectivity index (χ3n) is 2.28. The van der Waals surface area contributed by atoms with Crippen molar-refractivity contribution in [3.8, 4) is 0 Å². The summed E-state index contributed by atoms with van der Waals surface area (Å²) in [5.74, 6) is 0.403. The lowest BCUT2D eigenvalue weighted by Gasteiger charge is -2.12. The maximum absolute atomic E-state index is 13.1. The van der Waals surface area contributed by atoms with Gasteiger partial charge in [-0.3, -0.25) is 4.99 Å². The standard InChI is InChI=1S/C12H17BrFN3O/c1-15-12(16-5-6-18-2)17-8-9-7-10(14)3-4-11(9)13/h3-4,7H,5-6,8H2,1-2H3,(H2,15,16,17). The van der Waals surface area contributed by atoms with E-state index in [1.165, 1.54) is 12.1 Å². The first-order chi connectivity index (χ1) is 8.67. The molecule has 100 valence electrons. The Labute approximate surface area is 115 Å². The fraction of sp³-hybridized carbons (Fsp3) is 0.417. The highest BCUT2D eigenvalue weighted by atomic mass is 79.9. The minimum atomic E-state index is -0.252. The van der Waals surface area contributed by atoms with Crippen molar-refractivity contribution in [2.24, 2.45) is 4.99 Å². The Morgan fingerprint density at radius 2 is 2.22 bits per heavy atom. The van der Waals surface area contributed by atoms with Crippen LogP contribution in [0.4, 0.5) is 4.39 Å². The van der Waals surface area contributed by atoms with Gasteiger partial charge in [-0.15, -0.1) is 0 Å². The summed E-state index contributed by atoms with van der Waals surface area (Å²) in [4.78, 5) is 4.06. The average Bonchev–Trinajstić information content (AvgIpc) is 2.37. The number of rotatable bonds is 5. The highest BCUT2D eigenvalue weighted by Gasteiger charge is 2.03. The molecule has 0 heterocycles. The molecule has 4 nitrogen and oxygen atoms in total. The molecule has 0 aromatic heterocycles. The SMILES string of the molecule is CN=C(NCCOC)NCc1cc(F)ccc1Br. The maximum Gasteiger partial charge on any atom is 0.191 e. The summed E-state index contributed by atoms with van der Waals surface area (Å²) in [5, 5.41) is 6.18. The van der Waals surface area contributed by atoms with E-state index < -0.39 is 0 Å². The predicted octanol–water partition coefficient (Wildman–Crippen LogP) is 1.90. The first kappa shape index (κ1) is 14.9. The van der Waals surface area contributed by atoms with Gasteiger partial charge in [0.1, 0.15) is 5.82 Å². The van der Waals surface area contributed by atoms with Crippen LogP contribution in [0.5, 0.6) is 0 Å². The van der Waals surface area contributed by atoms with Crippen LogP contribution in [-0.4, -0.2) is 33.3 Å². The van der Waals surface area contributed by atoms with Gasteiger partial charge < -0.3 is 15.4 Å². The van der Waals surface area contributed by atoms with Crippen LogP contribution < -0.4 is 10.6 Å². The highest BCUT2D eigenvalue weighted by molar-refractivity contribution is 9.10. The molecule has 0 atom stereocenters. The molecule has 0 spiro atoms. The normalized spacial score (nSPS) is 11.4. The molecule has 0 aliphatic carbocycles. The van der Waals surface area contributed by atoms with Gasteiger partial charge in [0.25, 0.3) is 0 Å². The van der Waals surface area contributed by atoms with E-state index in [1.54, 1.807) is 20.2 Å². The average molecular weight is 318 g/mol. The van der Waals surface area contributed by atoms with E-state index in [0.29, 0.717) is 25.7 Å². The Bertz CT molecular complexity index is 412. The molecule has 0 aliphatic heterocycles. The largest absolute Gasteiger partial charge is 0.383 e. The molecule has 0 aliphatic rings. The van der Waals surface area contributed by atoms with Gasteiger partial charge in [-0.05, 0) is 23.8 Å². The summed E-state index contributed by atoms with van der Waals surface area (Å²) in [6.07, 6.45) is 0. The second-order valence-corrected chi connectivity index (χ2v) is 4.44. The Balaban J connectivity index is 2.49. The van der Waals surface area contributed by atoms with Gasteiger partial charge >= 0.3 is 0 Å². The lowest BCUT2D eigenvalue weighted by atomic mass is 10.2. The molecule has 1 aromatic carbocycles. The van der Waals surface area contributed by atoms with E-state index in [2.05, 4.69) is 31.6 Å². The zero-order valence-electron chi connectivity index (χ0n) is 10.5. The van der Waals surface area contributed by atoms with Crippen LogP contribution in [0.15, 0.2) is 27.7 Å². The Morgan fingerprint density at radius 3 is 2.89 bits per heavy atom. The number of methoxy groups -OCH3 is 1. The maximum atomic E-state index is 13.1. The summed E-state index contributed by atoms with van der Waals surface area (Å²) in [7, 11) is 3.32. The summed E-state index contributed by atoms with van der Waals surface area (Å²) in [6, 6.07) is 4.59. The van der Waals surface area contributed by atoms with Crippen LogP contribution >= 0.6 is 15.9 Å². The number of nitrogens with one attached hydrogen (secondary N) is 2. The third kappa shape index (κ3) is 5.01. The van der Waals surface area contributed by atoms with Gasteiger partial charge in [-0.2, -0.15) is 0 Å². The molecule has 0 amide bonds. The molecule has 0 fully saturated rings. The van der Waals surface area contributed by atoms with Crippen LogP contribution in [0.3, 0.4) is 0 Å². The second kappa shape index (κ2) is 8.05. The van der Waals surface area contributed by atoms with E-state index in [9.17, 15) is 4.39 Å². The van der Waals surface area contributed by atoms with Gasteiger partial charge in [-0.25, -0.2) is 4.39 Å². The minimum Gasteiger partial charge on any atom is -0.383 e. The topological polar surface area (TPSA) is 45.7 Å². The van der Waals surface area contributed by atoms with Crippen LogP contribution in [0.2, 0.25) is 0 Å². The fourth-order valence-electron chi connectivity index (χ4n) is 1.35. The zero-order valence-corrected chi connectivity index (χ0v) is 12.1. The molecular formula is C12H17BrFN3O.